The standard InChI is InChI=1S/C16H24FN3O2S/c17-15-7-3-4-8-16(15)18-11-13-20(14-12-18)23(21,22)19-9-5-1-2-6-10-19/h3-4,7-8H,1-2,5-6,9-14H2. The third-order valence-corrected chi connectivity index (χ3v) is 6.68. The van der Waals surface area contributed by atoms with Gasteiger partial charge in [-0.25, -0.2) is 4.39 Å². The number of hydrogen-bond acceptors (Lipinski definition) is 3. The molecule has 5 nitrogen and oxygen atoms in total. The molecule has 23 heavy (non-hydrogen) atoms. The molecule has 0 aromatic heterocycles. The first kappa shape index (κ1) is 16.7. The van der Waals surface area contributed by atoms with E-state index in [1.54, 1.807) is 26.8 Å². The quantitative estimate of drug-likeness (QED) is 0.845. The van der Waals surface area contributed by atoms with Gasteiger partial charge < -0.3 is 4.90 Å². The third-order valence-electron chi connectivity index (χ3n) is 4.65. The summed E-state index contributed by atoms with van der Waals surface area (Å²) in [4.78, 5) is 1.92. The van der Waals surface area contributed by atoms with Gasteiger partial charge in [0.05, 0.1) is 5.69 Å². The summed E-state index contributed by atoms with van der Waals surface area (Å²) >= 11 is 0. The molecule has 7 heteroatoms. The Bertz CT molecular complexity index is 622. The fourth-order valence-corrected chi connectivity index (χ4v) is 4.97. The second kappa shape index (κ2) is 7.15. The van der Waals surface area contributed by atoms with Crippen molar-refractivity contribution in [2.75, 3.05) is 44.2 Å². The van der Waals surface area contributed by atoms with Crippen molar-refractivity contribution in [1.29, 1.82) is 0 Å². The maximum atomic E-state index is 13.9. The van der Waals surface area contributed by atoms with E-state index in [2.05, 4.69) is 0 Å². The van der Waals surface area contributed by atoms with Gasteiger partial charge in [-0.05, 0) is 25.0 Å². The molecule has 2 saturated heterocycles. The molecular weight excluding hydrogens is 317 g/mol. The summed E-state index contributed by atoms with van der Waals surface area (Å²) in [6.45, 7) is 3.11. The zero-order chi connectivity index (χ0) is 16.3. The molecule has 0 aliphatic carbocycles. The monoisotopic (exact) mass is 341 g/mol. The van der Waals surface area contributed by atoms with Crippen molar-refractivity contribution >= 4 is 15.9 Å². The summed E-state index contributed by atoms with van der Waals surface area (Å²) < 4.78 is 42.6. The molecule has 2 aliphatic heterocycles. The molecule has 0 atom stereocenters. The number of rotatable bonds is 3. The Labute approximate surface area is 137 Å². The van der Waals surface area contributed by atoms with Gasteiger partial charge in [0.2, 0.25) is 0 Å². The van der Waals surface area contributed by atoms with Crippen LogP contribution in [0.5, 0.6) is 0 Å². The second-order valence-corrected chi connectivity index (χ2v) is 8.09. The molecule has 0 unspecified atom stereocenters. The lowest BCUT2D eigenvalue weighted by Gasteiger charge is -2.37. The molecule has 2 heterocycles. The highest BCUT2D eigenvalue weighted by atomic mass is 32.2. The van der Waals surface area contributed by atoms with Crippen LogP contribution in [0.1, 0.15) is 25.7 Å². The van der Waals surface area contributed by atoms with E-state index in [9.17, 15) is 12.8 Å². The zero-order valence-electron chi connectivity index (χ0n) is 13.3. The van der Waals surface area contributed by atoms with Crippen molar-refractivity contribution in [2.45, 2.75) is 25.7 Å². The van der Waals surface area contributed by atoms with Crippen LogP contribution in [0.25, 0.3) is 0 Å². The minimum atomic E-state index is -3.38. The fourth-order valence-electron chi connectivity index (χ4n) is 3.30. The predicted octanol–water partition coefficient (Wildman–Crippen LogP) is 2.07. The Morgan fingerprint density at radius 2 is 1.35 bits per heavy atom. The Kier molecular flexibility index (Phi) is 5.18. The SMILES string of the molecule is O=S(=O)(N1CCCCCC1)N1CCN(c2ccccc2F)CC1. The van der Waals surface area contributed by atoms with E-state index in [1.165, 1.54) is 6.07 Å². The number of hydrogen-bond donors (Lipinski definition) is 0. The van der Waals surface area contributed by atoms with Crippen LogP contribution >= 0.6 is 0 Å². The highest BCUT2D eigenvalue weighted by Crippen LogP contribution is 2.22. The molecule has 0 saturated carbocycles. The van der Waals surface area contributed by atoms with Crippen LogP contribution in [0.3, 0.4) is 0 Å². The third kappa shape index (κ3) is 3.67. The fraction of sp³-hybridized carbons (Fsp3) is 0.625. The van der Waals surface area contributed by atoms with Crippen molar-refractivity contribution in [3.8, 4) is 0 Å². The van der Waals surface area contributed by atoms with Gasteiger partial charge in [0.25, 0.3) is 10.2 Å². The summed E-state index contributed by atoms with van der Waals surface area (Å²) in [5.41, 5.74) is 0.555. The first-order chi connectivity index (χ1) is 11.1. The lowest BCUT2D eigenvalue weighted by molar-refractivity contribution is 0.327. The van der Waals surface area contributed by atoms with Gasteiger partial charge in [-0.1, -0.05) is 25.0 Å². The van der Waals surface area contributed by atoms with E-state index in [-0.39, 0.29) is 5.82 Å². The molecular formula is C16H24FN3O2S. The van der Waals surface area contributed by atoms with Gasteiger partial charge in [-0.3, -0.25) is 0 Å². The van der Waals surface area contributed by atoms with Crippen LogP contribution in [0.4, 0.5) is 10.1 Å². The summed E-state index contributed by atoms with van der Waals surface area (Å²) in [6.07, 6.45) is 4.09. The summed E-state index contributed by atoms with van der Waals surface area (Å²) in [5.74, 6) is -0.253. The van der Waals surface area contributed by atoms with E-state index in [0.29, 0.717) is 45.0 Å². The minimum Gasteiger partial charge on any atom is -0.367 e. The molecule has 1 aromatic carbocycles. The molecule has 0 spiro atoms. The number of anilines is 1. The van der Waals surface area contributed by atoms with Crippen LogP contribution in [-0.2, 0) is 10.2 Å². The van der Waals surface area contributed by atoms with Gasteiger partial charge in [0.15, 0.2) is 0 Å². The van der Waals surface area contributed by atoms with Crippen LogP contribution in [0, 0.1) is 5.82 Å². The van der Waals surface area contributed by atoms with Crippen LogP contribution in [0.2, 0.25) is 0 Å². The van der Waals surface area contributed by atoms with E-state index in [4.69, 9.17) is 0 Å². The lowest BCUT2D eigenvalue weighted by atomic mass is 10.2. The molecule has 128 valence electrons. The Hall–Kier alpha value is -1.18. The van der Waals surface area contributed by atoms with Gasteiger partial charge in [-0.2, -0.15) is 17.0 Å². The van der Waals surface area contributed by atoms with E-state index >= 15 is 0 Å². The smallest absolute Gasteiger partial charge is 0.282 e. The van der Waals surface area contributed by atoms with E-state index < -0.39 is 10.2 Å². The average Bonchev–Trinajstić information content (AvgIpc) is 2.85. The van der Waals surface area contributed by atoms with Crippen molar-refractivity contribution < 1.29 is 12.8 Å². The van der Waals surface area contributed by atoms with Crippen molar-refractivity contribution in [3.05, 3.63) is 30.1 Å². The van der Waals surface area contributed by atoms with Crippen LogP contribution in [0.15, 0.2) is 24.3 Å². The number of piperazine rings is 1. The molecule has 0 bridgehead atoms. The summed E-state index contributed by atoms with van der Waals surface area (Å²) in [6, 6.07) is 6.65. The van der Waals surface area contributed by atoms with Crippen molar-refractivity contribution in [2.24, 2.45) is 0 Å². The van der Waals surface area contributed by atoms with Gasteiger partial charge >= 0.3 is 0 Å². The number of benzene rings is 1. The van der Waals surface area contributed by atoms with E-state index in [0.717, 1.165) is 25.7 Å². The first-order valence-electron chi connectivity index (χ1n) is 8.34. The maximum Gasteiger partial charge on any atom is 0.282 e. The molecule has 1 aromatic rings. The van der Waals surface area contributed by atoms with Crippen molar-refractivity contribution in [3.63, 3.8) is 0 Å². The molecule has 0 amide bonds. The predicted molar refractivity (Wildman–Crippen MR) is 89.1 cm³/mol. The van der Waals surface area contributed by atoms with Gasteiger partial charge in [0, 0.05) is 39.3 Å². The Morgan fingerprint density at radius 1 is 0.783 bits per heavy atom. The Balaban J connectivity index is 1.65. The minimum absolute atomic E-state index is 0.253. The normalized spacial score (nSPS) is 22.0. The van der Waals surface area contributed by atoms with Crippen molar-refractivity contribution in [1.82, 2.24) is 8.61 Å². The molecule has 0 radical (unpaired) electrons. The molecule has 3 rings (SSSR count). The highest BCUT2D eigenvalue weighted by molar-refractivity contribution is 7.86. The van der Waals surface area contributed by atoms with Crippen LogP contribution in [-0.4, -0.2) is 56.3 Å². The van der Waals surface area contributed by atoms with E-state index in [1.807, 2.05) is 4.90 Å². The number of halogens is 1. The molecule has 2 fully saturated rings. The topological polar surface area (TPSA) is 43.9 Å². The first-order valence-corrected chi connectivity index (χ1v) is 9.73. The second-order valence-electron chi connectivity index (χ2n) is 6.16. The summed E-state index contributed by atoms with van der Waals surface area (Å²) in [7, 11) is -3.38. The molecule has 0 N–H and O–H groups in total. The van der Waals surface area contributed by atoms with Gasteiger partial charge in [-0.15, -0.1) is 0 Å². The largest absolute Gasteiger partial charge is 0.367 e. The number of nitrogens with zero attached hydrogens (tertiary/aromatic N) is 3. The molecule has 2 aliphatic rings. The van der Waals surface area contributed by atoms with Gasteiger partial charge in [0.1, 0.15) is 5.82 Å². The summed E-state index contributed by atoms with van der Waals surface area (Å²) in [5, 5.41) is 0. The highest BCUT2D eigenvalue weighted by Gasteiger charge is 2.32. The number of para-hydroxylation sites is 1. The Morgan fingerprint density at radius 3 is 1.96 bits per heavy atom. The maximum absolute atomic E-state index is 13.9. The average molecular weight is 341 g/mol. The van der Waals surface area contributed by atoms with Crippen LogP contribution < -0.4 is 4.90 Å². The zero-order valence-corrected chi connectivity index (χ0v) is 14.1. The lowest BCUT2D eigenvalue weighted by Crippen LogP contribution is -2.53.